The zero-order valence-corrected chi connectivity index (χ0v) is 10.4. The molecule has 0 spiro atoms. The van der Waals surface area contributed by atoms with Crippen molar-refractivity contribution < 1.29 is 4.79 Å². The van der Waals surface area contributed by atoms with Crippen LogP contribution in [-0.2, 0) is 0 Å². The van der Waals surface area contributed by atoms with Gasteiger partial charge in [0.15, 0.2) is 0 Å². The molecule has 4 nitrogen and oxygen atoms in total. The fraction of sp³-hybridized carbons (Fsp3) is 0.385. The van der Waals surface area contributed by atoms with E-state index < -0.39 is 0 Å². The number of anilines is 1. The van der Waals surface area contributed by atoms with E-state index in [-0.39, 0.29) is 11.9 Å². The molecule has 0 aliphatic carbocycles. The van der Waals surface area contributed by atoms with Gasteiger partial charge in [0.1, 0.15) is 0 Å². The van der Waals surface area contributed by atoms with Crippen molar-refractivity contribution in [1.82, 2.24) is 10.3 Å². The van der Waals surface area contributed by atoms with Crippen LogP contribution in [0.25, 0.3) is 0 Å². The average molecular weight is 233 g/mol. The minimum atomic E-state index is -0.0888. The summed E-state index contributed by atoms with van der Waals surface area (Å²) in [5, 5.41) is 6.00. The molecule has 1 rings (SSSR count). The van der Waals surface area contributed by atoms with Gasteiger partial charge in [0, 0.05) is 25.0 Å². The van der Waals surface area contributed by atoms with Gasteiger partial charge in [-0.05, 0) is 19.4 Å². The number of amides is 1. The highest BCUT2D eigenvalue weighted by atomic mass is 16.1. The van der Waals surface area contributed by atoms with Crippen molar-refractivity contribution in [3.05, 3.63) is 36.7 Å². The zero-order chi connectivity index (χ0) is 12.7. The molecular weight excluding hydrogens is 214 g/mol. The predicted molar refractivity (Wildman–Crippen MR) is 70.1 cm³/mol. The smallest absolute Gasteiger partial charge is 0.253 e. The first-order valence-electron chi connectivity index (χ1n) is 5.78. The Labute approximate surface area is 102 Å². The van der Waals surface area contributed by atoms with Crippen LogP contribution in [0, 0.1) is 0 Å². The summed E-state index contributed by atoms with van der Waals surface area (Å²) >= 11 is 0. The molecule has 0 aromatic carbocycles. The van der Waals surface area contributed by atoms with Crippen molar-refractivity contribution in [2.75, 3.05) is 11.9 Å². The number of carbonyl (C=O) groups excluding carboxylic acids is 1. The number of rotatable bonds is 6. The number of pyridine rings is 1. The highest BCUT2D eigenvalue weighted by Crippen LogP contribution is 2.08. The third kappa shape index (κ3) is 4.26. The summed E-state index contributed by atoms with van der Waals surface area (Å²) in [7, 11) is 0. The molecule has 2 N–H and O–H groups in total. The molecule has 1 atom stereocenters. The van der Waals surface area contributed by atoms with Gasteiger partial charge in [-0.1, -0.05) is 13.0 Å². The van der Waals surface area contributed by atoms with Crippen LogP contribution in [0.5, 0.6) is 0 Å². The first kappa shape index (κ1) is 13.2. The van der Waals surface area contributed by atoms with Crippen LogP contribution in [0.1, 0.15) is 30.6 Å². The van der Waals surface area contributed by atoms with Gasteiger partial charge in [0.05, 0.1) is 11.3 Å². The highest BCUT2D eigenvalue weighted by molar-refractivity contribution is 5.94. The lowest BCUT2D eigenvalue weighted by molar-refractivity contribution is 0.0939. The fourth-order valence-electron chi connectivity index (χ4n) is 1.26. The van der Waals surface area contributed by atoms with E-state index in [4.69, 9.17) is 0 Å². The fourth-order valence-corrected chi connectivity index (χ4v) is 1.26. The number of hydrogen-bond acceptors (Lipinski definition) is 3. The summed E-state index contributed by atoms with van der Waals surface area (Å²) in [4.78, 5) is 15.9. The first-order valence-corrected chi connectivity index (χ1v) is 5.78. The quantitative estimate of drug-likeness (QED) is 0.741. The van der Waals surface area contributed by atoms with Crippen molar-refractivity contribution in [2.24, 2.45) is 0 Å². The molecule has 0 aliphatic rings. The lowest BCUT2D eigenvalue weighted by Gasteiger charge is -2.11. The van der Waals surface area contributed by atoms with E-state index in [1.807, 2.05) is 13.8 Å². The number of hydrogen-bond donors (Lipinski definition) is 2. The molecule has 0 fully saturated rings. The number of nitrogens with zero attached hydrogens (tertiary/aromatic N) is 1. The van der Waals surface area contributed by atoms with Crippen LogP contribution in [0.3, 0.4) is 0 Å². The van der Waals surface area contributed by atoms with Gasteiger partial charge in [0.25, 0.3) is 5.91 Å². The second-order valence-corrected chi connectivity index (χ2v) is 3.91. The van der Waals surface area contributed by atoms with Crippen LogP contribution >= 0.6 is 0 Å². The standard InChI is InChI=1S/C13H19N3O/c1-4-6-15-12-7-11(8-14-9-12)13(17)16-10(3)5-2/h4,7-10,15H,1,5-6H2,2-3H3,(H,16,17). The maximum Gasteiger partial charge on any atom is 0.253 e. The third-order valence-electron chi connectivity index (χ3n) is 2.44. The van der Waals surface area contributed by atoms with Gasteiger partial charge in [-0.25, -0.2) is 0 Å². The van der Waals surface area contributed by atoms with E-state index in [1.165, 1.54) is 0 Å². The normalized spacial score (nSPS) is 11.6. The van der Waals surface area contributed by atoms with Crippen molar-refractivity contribution >= 4 is 11.6 Å². The van der Waals surface area contributed by atoms with Crippen molar-refractivity contribution in [3.8, 4) is 0 Å². The third-order valence-corrected chi connectivity index (χ3v) is 2.44. The molecule has 1 aromatic rings. The monoisotopic (exact) mass is 233 g/mol. The van der Waals surface area contributed by atoms with E-state index in [2.05, 4.69) is 22.2 Å². The van der Waals surface area contributed by atoms with Gasteiger partial charge in [-0.2, -0.15) is 0 Å². The predicted octanol–water partition coefficient (Wildman–Crippen LogP) is 2.21. The molecule has 0 bridgehead atoms. The molecule has 0 aliphatic heterocycles. The maximum atomic E-state index is 11.8. The van der Waals surface area contributed by atoms with Crippen LogP contribution in [0.4, 0.5) is 5.69 Å². The molecule has 1 amide bonds. The average Bonchev–Trinajstić information content (AvgIpc) is 2.36. The zero-order valence-electron chi connectivity index (χ0n) is 10.4. The molecule has 0 saturated carbocycles. The lowest BCUT2D eigenvalue weighted by atomic mass is 10.2. The van der Waals surface area contributed by atoms with Crippen LogP contribution in [-0.4, -0.2) is 23.5 Å². The number of aromatic nitrogens is 1. The van der Waals surface area contributed by atoms with Gasteiger partial charge in [-0.15, -0.1) is 6.58 Å². The Kier molecular flexibility index (Phi) is 5.20. The van der Waals surface area contributed by atoms with Gasteiger partial charge < -0.3 is 10.6 Å². The van der Waals surface area contributed by atoms with Crippen molar-refractivity contribution in [1.29, 1.82) is 0 Å². The highest BCUT2D eigenvalue weighted by Gasteiger charge is 2.09. The Morgan fingerprint density at radius 3 is 3.00 bits per heavy atom. The van der Waals surface area contributed by atoms with Crippen LogP contribution in [0.15, 0.2) is 31.1 Å². The molecule has 0 saturated heterocycles. The Morgan fingerprint density at radius 1 is 1.59 bits per heavy atom. The van der Waals surface area contributed by atoms with E-state index in [0.29, 0.717) is 12.1 Å². The van der Waals surface area contributed by atoms with Gasteiger partial charge in [-0.3, -0.25) is 9.78 Å². The molecular formula is C13H19N3O. The summed E-state index contributed by atoms with van der Waals surface area (Å²) in [6, 6.07) is 1.96. The van der Waals surface area contributed by atoms with Gasteiger partial charge in [0.2, 0.25) is 0 Å². The molecule has 1 heterocycles. The minimum Gasteiger partial charge on any atom is -0.380 e. The molecule has 4 heteroatoms. The Morgan fingerprint density at radius 2 is 2.35 bits per heavy atom. The Bertz CT molecular complexity index is 390. The largest absolute Gasteiger partial charge is 0.380 e. The Balaban J connectivity index is 2.69. The second kappa shape index (κ2) is 6.68. The first-order chi connectivity index (χ1) is 8.17. The second-order valence-electron chi connectivity index (χ2n) is 3.91. The summed E-state index contributed by atoms with van der Waals surface area (Å²) in [5.74, 6) is -0.0888. The van der Waals surface area contributed by atoms with Crippen LogP contribution < -0.4 is 10.6 Å². The number of nitrogens with one attached hydrogen (secondary N) is 2. The molecule has 0 radical (unpaired) electrons. The Hall–Kier alpha value is -1.84. The molecule has 92 valence electrons. The summed E-state index contributed by atoms with van der Waals surface area (Å²) in [5.41, 5.74) is 1.39. The van der Waals surface area contributed by atoms with E-state index >= 15 is 0 Å². The number of carbonyl (C=O) groups is 1. The van der Waals surface area contributed by atoms with Crippen molar-refractivity contribution in [2.45, 2.75) is 26.3 Å². The topological polar surface area (TPSA) is 54.0 Å². The van der Waals surface area contributed by atoms with E-state index in [0.717, 1.165) is 12.1 Å². The van der Waals surface area contributed by atoms with E-state index in [9.17, 15) is 4.79 Å². The summed E-state index contributed by atoms with van der Waals surface area (Å²) in [6.07, 6.45) is 5.92. The SMILES string of the molecule is C=CCNc1cncc(C(=O)NC(C)CC)c1. The summed E-state index contributed by atoms with van der Waals surface area (Å²) in [6.45, 7) is 8.28. The van der Waals surface area contributed by atoms with Crippen molar-refractivity contribution in [3.63, 3.8) is 0 Å². The summed E-state index contributed by atoms with van der Waals surface area (Å²) < 4.78 is 0. The molecule has 17 heavy (non-hydrogen) atoms. The molecule has 1 unspecified atom stereocenters. The van der Waals surface area contributed by atoms with E-state index in [1.54, 1.807) is 24.5 Å². The maximum absolute atomic E-state index is 11.8. The molecule has 1 aromatic heterocycles. The lowest BCUT2D eigenvalue weighted by Crippen LogP contribution is -2.32. The minimum absolute atomic E-state index is 0.0888. The van der Waals surface area contributed by atoms with Gasteiger partial charge >= 0.3 is 0 Å². The van der Waals surface area contributed by atoms with Crippen LogP contribution in [0.2, 0.25) is 0 Å².